The van der Waals surface area contributed by atoms with Crippen molar-refractivity contribution < 1.29 is 14.0 Å². The maximum Gasteiger partial charge on any atom is 0.251 e. The highest BCUT2D eigenvalue weighted by molar-refractivity contribution is 5.96. The molecule has 1 aliphatic rings. The fourth-order valence-corrected chi connectivity index (χ4v) is 2.33. The Labute approximate surface area is 140 Å². The van der Waals surface area contributed by atoms with Crippen LogP contribution in [0.25, 0.3) is 0 Å². The van der Waals surface area contributed by atoms with Crippen molar-refractivity contribution >= 4 is 17.5 Å². The molecule has 0 spiro atoms. The molecule has 2 amide bonds. The molecular weight excluding hydrogens is 307 g/mol. The number of amides is 2. The van der Waals surface area contributed by atoms with Gasteiger partial charge in [-0.1, -0.05) is 12.1 Å². The van der Waals surface area contributed by atoms with Crippen LogP contribution in [-0.2, 0) is 11.2 Å². The SMILES string of the molecule is O=C(CCc1ccc(F)cc1)Nc1ccc(C(=O)NC2CC2)cc1. The van der Waals surface area contributed by atoms with Crippen molar-refractivity contribution in [2.45, 2.75) is 31.7 Å². The molecule has 0 aliphatic heterocycles. The van der Waals surface area contributed by atoms with Gasteiger partial charge in [0.25, 0.3) is 5.91 Å². The second-order valence-electron chi connectivity index (χ2n) is 6.00. The zero-order valence-corrected chi connectivity index (χ0v) is 13.2. The lowest BCUT2D eigenvalue weighted by Gasteiger charge is -2.07. The number of benzene rings is 2. The molecule has 0 unspecified atom stereocenters. The summed E-state index contributed by atoms with van der Waals surface area (Å²) in [4.78, 5) is 23.8. The van der Waals surface area contributed by atoms with Crippen LogP contribution in [0.5, 0.6) is 0 Å². The van der Waals surface area contributed by atoms with E-state index in [-0.39, 0.29) is 17.6 Å². The fourth-order valence-electron chi connectivity index (χ4n) is 2.33. The summed E-state index contributed by atoms with van der Waals surface area (Å²) < 4.78 is 12.8. The van der Waals surface area contributed by atoms with Gasteiger partial charge >= 0.3 is 0 Å². The summed E-state index contributed by atoms with van der Waals surface area (Å²) in [5.41, 5.74) is 2.16. The summed E-state index contributed by atoms with van der Waals surface area (Å²) in [5, 5.41) is 5.72. The van der Waals surface area contributed by atoms with Crippen LogP contribution < -0.4 is 10.6 Å². The molecule has 1 fully saturated rings. The van der Waals surface area contributed by atoms with Gasteiger partial charge in [0.1, 0.15) is 5.82 Å². The topological polar surface area (TPSA) is 58.2 Å². The molecule has 0 aromatic heterocycles. The van der Waals surface area contributed by atoms with E-state index in [1.807, 2.05) is 0 Å². The summed E-state index contributed by atoms with van der Waals surface area (Å²) in [6.45, 7) is 0. The molecule has 1 aliphatic carbocycles. The summed E-state index contributed by atoms with van der Waals surface area (Å²) in [6, 6.07) is 13.3. The molecular formula is C19H19FN2O2. The molecule has 0 saturated heterocycles. The van der Waals surface area contributed by atoms with Crippen LogP contribution in [0.15, 0.2) is 48.5 Å². The molecule has 2 aromatic carbocycles. The van der Waals surface area contributed by atoms with Crippen LogP contribution in [0, 0.1) is 5.82 Å². The van der Waals surface area contributed by atoms with Crippen LogP contribution in [0.4, 0.5) is 10.1 Å². The Morgan fingerprint density at radius 1 is 1.00 bits per heavy atom. The summed E-state index contributed by atoms with van der Waals surface area (Å²) >= 11 is 0. The highest BCUT2D eigenvalue weighted by Gasteiger charge is 2.23. The number of carbonyl (C=O) groups is 2. The lowest BCUT2D eigenvalue weighted by molar-refractivity contribution is -0.116. The Balaban J connectivity index is 1.48. The minimum Gasteiger partial charge on any atom is -0.349 e. The zero-order valence-electron chi connectivity index (χ0n) is 13.2. The number of nitrogens with one attached hydrogen (secondary N) is 2. The van der Waals surface area contributed by atoms with E-state index in [1.165, 1.54) is 12.1 Å². The lowest BCUT2D eigenvalue weighted by atomic mass is 10.1. The molecule has 0 radical (unpaired) electrons. The number of hydrogen-bond donors (Lipinski definition) is 2. The van der Waals surface area contributed by atoms with E-state index in [0.29, 0.717) is 30.1 Å². The highest BCUT2D eigenvalue weighted by atomic mass is 19.1. The first kappa shape index (κ1) is 16.2. The molecule has 124 valence electrons. The van der Waals surface area contributed by atoms with Crippen molar-refractivity contribution in [3.63, 3.8) is 0 Å². The molecule has 2 N–H and O–H groups in total. The first-order valence-corrected chi connectivity index (χ1v) is 8.05. The van der Waals surface area contributed by atoms with Crippen molar-refractivity contribution in [2.75, 3.05) is 5.32 Å². The van der Waals surface area contributed by atoms with E-state index in [1.54, 1.807) is 36.4 Å². The van der Waals surface area contributed by atoms with Crippen molar-refractivity contribution in [1.29, 1.82) is 0 Å². The third-order valence-corrected chi connectivity index (χ3v) is 3.90. The Bertz CT molecular complexity index is 722. The summed E-state index contributed by atoms with van der Waals surface area (Å²) in [6.07, 6.45) is 2.96. The second kappa shape index (κ2) is 7.25. The molecule has 4 nitrogen and oxygen atoms in total. The van der Waals surface area contributed by atoms with Gasteiger partial charge in [0, 0.05) is 23.7 Å². The molecule has 0 atom stereocenters. The maximum atomic E-state index is 12.8. The van der Waals surface area contributed by atoms with Gasteiger partial charge in [0.05, 0.1) is 0 Å². The first-order valence-electron chi connectivity index (χ1n) is 8.05. The Hall–Kier alpha value is -2.69. The minimum absolute atomic E-state index is 0.0771. The van der Waals surface area contributed by atoms with Gasteiger partial charge in [-0.2, -0.15) is 0 Å². The van der Waals surface area contributed by atoms with E-state index in [0.717, 1.165) is 18.4 Å². The smallest absolute Gasteiger partial charge is 0.251 e. The summed E-state index contributed by atoms with van der Waals surface area (Å²) in [7, 11) is 0. The molecule has 3 rings (SSSR count). The monoisotopic (exact) mass is 326 g/mol. The van der Waals surface area contributed by atoms with Crippen LogP contribution in [0.3, 0.4) is 0 Å². The van der Waals surface area contributed by atoms with Gasteiger partial charge in [-0.3, -0.25) is 9.59 Å². The zero-order chi connectivity index (χ0) is 16.9. The Morgan fingerprint density at radius 3 is 2.29 bits per heavy atom. The minimum atomic E-state index is -0.283. The largest absolute Gasteiger partial charge is 0.349 e. The van der Waals surface area contributed by atoms with E-state index < -0.39 is 0 Å². The summed E-state index contributed by atoms with van der Waals surface area (Å²) in [5.74, 6) is -0.477. The van der Waals surface area contributed by atoms with Crippen molar-refractivity contribution in [3.05, 3.63) is 65.5 Å². The van der Waals surface area contributed by atoms with E-state index in [9.17, 15) is 14.0 Å². The lowest BCUT2D eigenvalue weighted by Crippen LogP contribution is -2.25. The second-order valence-corrected chi connectivity index (χ2v) is 6.00. The predicted molar refractivity (Wildman–Crippen MR) is 90.3 cm³/mol. The number of rotatable bonds is 6. The molecule has 0 heterocycles. The molecule has 2 aromatic rings. The molecule has 24 heavy (non-hydrogen) atoms. The van der Waals surface area contributed by atoms with Gasteiger partial charge in [-0.05, 0) is 61.2 Å². The third kappa shape index (κ3) is 4.65. The number of aryl methyl sites for hydroxylation is 1. The number of hydrogen-bond acceptors (Lipinski definition) is 2. The van der Waals surface area contributed by atoms with E-state index in [2.05, 4.69) is 10.6 Å². The van der Waals surface area contributed by atoms with Gasteiger partial charge < -0.3 is 10.6 Å². The highest BCUT2D eigenvalue weighted by Crippen LogP contribution is 2.19. The van der Waals surface area contributed by atoms with Crippen molar-refractivity contribution in [2.24, 2.45) is 0 Å². The van der Waals surface area contributed by atoms with Gasteiger partial charge in [0.2, 0.25) is 5.91 Å². The van der Waals surface area contributed by atoms with Gasteiger partial charge in [-0.25, -0.2) is 4.39 Å². The molecule has 0 bridgehead atoms. The molecule has 1 saturated carbocycles. The quantitative estimate of drug-likeness (QED) is 0.856. The maximum absolute atomic E-state index is 12.8. The van der Waals surface area contributed by atoms with Crippen molar-refractivity contribution in [3.8, 4) is 0 Å². The van der Waals surface area contributed by atoms with E-state index >= 15 is 0 Å². The average Bonchev–Trinajstić information content (AvgIpc) is 3.39. The van der Waals surface area contributed by atoms with Crippen LogP contribution in [0.1, 0.15) is 35.2 Å². The number of carbonyl (C=O) groups excluding carboxylic acids is 2. The number of halogens is 1. The Morgan fingerprint density at radius 2 is 1.67 bits per heavy atom. The van der Waals surface area contributed by atoms with Crippen LogP contribution in [-0.4, -0.2) is 17.9 Å². The first-order chi connectivity index (χ1) is 11.6. The van der Waals surface area contributed by atoms with Crippen LogP contribution in [0.2, 0.25) is 0 Å². The van der Waals surface area contributed by atoms with Crippen molar-refractivity contribution in [1.82, 2.24) is 5.32 Å². The standard InChI is InChI=1S/C19H19FN2O2/c20-15-6-1-13(2-7-15)3-12-18(23)21-16-8-4-14(5-9-16)19(24)22-17-10-11-17/h1-2,4-9,17H,3,10-12H2,(H,21,23)(H,22,24). The Kier molecular flexibility index (Phi) is 4.89. The molecule has 5 heteroatoms. The predicted octanol–water partition coefficient (Wildman–Crippen LogP) is 3.29. The third-order valence-electron chi connectivity index (χ3n) is 3.90. The fraction of sp³-hybridized carbons (Fsp3) is 0.263. The van der Waals surface area contributed by atoms with Gasteiger partial charge in [-0.15, -0.1) is 0 Å². The normalized spacial score (nSPS) is 13.4. The number of anilines is 1. The average molecular weight is 326 g/mol. The van der Waals surface area contributed by atoms with Crippen LogP contribution >= 0.6 is 0 Å². The van der Waals surface area contributed by atoms with E-state index in [4.69, 9.17) is 0 Å². The van der Waals surface area contributed by atoms with Gasteiger partial charge in [0.15, 0.2) is 0 Å².